The minimum atomic E-state index is -0.916. The SMILES string of the molecule is C#Cc1c(F)ccc2cc(O)cc(-c3ncc4c(N5CC6CCC(C5)N6C(C)C)nc(OCC56CCCN5CC(F)C6)nc4c3F)c12. The molecule has 2 aromatic heterocycles. The summed E-state index contributed by atoms with van der Waals surface area (Å²) < 4.78 is 52.6. The predicted octanol–water partition coefficient (Wildman–Crippen LogP) is 5.83. The molecular formula is C36H37F3N6O2. The van der Waals surface area contributed by atoms with Crippen molar-refractivity contribution in [3.05, 3.63) is 47.7 Å². The van der Waals surface area contributed by atoms with Gasteiger partial charge in [-0.25, -0.2) is 13.2 Å². The van der Waals surface area contributed by atoms with Crippen molar-refractivity contribution < 1.29 is 23.0 Å². The van der Waals surface area contributed by atoms with E-state index in [-0.39, 0.29) is 46.1 Å². The highest BCUT2D eigenvalue weighted by atomic mass is 19.1. The van der Waals surface area contributed by atoms with Crippen LogP contribution in [-0.2, 0) is 0 Å². The maximum atomic E-state index is 16.9. The summed E-state index contributed by atoms with van der Waals surface area (Å²) in [4.78, 5) is 20.9. The number of terminal acetylenes is 1. The van der Waals surface area contributed by atoms with Crippen molar-refractivity contribution in [2.24, 2.45) is 0 Å². The Morgan fingerprint density at radius 1 is 1.13 bits per heavy atom. The Morgan fingerprint density at radius 2 is 1.91 bits per heavy atom. The molecule has 4 atom stereocenters. The maximum Gasteiger partial charge on any atom is 0.319 e. The third kappa shape index (κ3) is 4.87. The molecule has 2 bridgehead atoms. The number of nitrogens with zero attached hydrogens (tertiary/aromatic N) is 6. The zero-order chi connectivity index (χ0) is 32.6. The predicted molar refractivity (Wildman–Crippen MR) is 174 cm³/mol. The van der Waals surface area contributed by atoms with Crippen molar-refractivity contribution in [1.82, 2.24) is 24.8 Å². The first-order valence-electron chi connectivity index (χ1n) is 16.5. The fraction of sp³-hybridized carbons (Fsp3) is 0.472. The molecule has 8 nitrogen and oxygen atoms in total. The molecule has 6 heterocycles. The van der Waals surface area contributed by atoms with Crippen molar-refractivity contribution in [2.75, 3.05) is 37.7 Å². The third-order valence-electron chi connectivity index (χ3n) is 10.8. The summed E-state index contributed by atoms with van der Waals surface area (Å²) in [6, 6.07) is 6.59. The smallest absolute Gasteiger partial charge is 0.319 e. The highest BCUT2D eigenvalue weighted by Gasteiger charge is 2.49. The lowest BCUT2D eigenvalue weighted by Gasteiger charge is -2.44. The second kappa shape index (κ2) is 11.2. The molecule has 47 heavy (non-hydrogen) atoms. The number of phenolic OH excluding ortho intramolecular Hbond substituents is 1. The van der Waals surface area contributed by atoms with Crippen LogP contribution in [0.1, 0.15) is 51.5 Å². The standard InChI is InChI=1S/C36H37F3N6O2/c1-4-26-29(38)9-6-21-12-25(46)13-27(30(21)26)32-31(39)33-28(15-40-32)34(43-17-23-7-8-24(18-43)45(23)20(2)3)42-35(41-33)47-19-36-10-5-11-44(36)16-22(37)14-36/h1,6,9,12-13,15,20,22-24,46H,5,7-8,10-11,14,16-19H2,2-3H3. The first-order chi connectivity index (χ1) is 22.7. The zero-order valence-electron chi connectivity index (χ0n) is 26.5. The molecule has 2 aromatic carbocycles. The Bertz CT molecular complexity index is 1930. The first-order valence-corrected chi connectivity index (χ1v) is 16.5. The molecule has 244 valence electrons. The van der Waals surface area contributed by atoms with Gasteiger partial charge < -0.3 is 14.7 Å². The molecule has 0 radical (unpaired) electrons. The van der Waals surface area contributed by atoms with E-state index in [0.717, 1.165) is 32.2 Å². The van der Waals surface area contributed by atoms with Crippen LogP contribution < -0.4 is 9.64 Å². The van der Waals surface area contributed by atoms with Gasteiger partial charge in [0, 0.05) is 61.3 Å². The number of benzene rings is 2. The summed E-state index contributed by atoms with van der Waals surface area (Å²) in [5.74, 6) is 1.38. The number of fused-ring (bicyclic) bond motifs is 5. The average molecular weight is 643 g/mol. The van der Waals surface area contributed by atoms with Crippen LogP contribution in [0.3, 0.4) is 0 Å². The van der Waals surface area contributed by atoms with Gasteiger partial charge in [-0.2, -0.15) is 9.97 Å². The Kier molecular flexibility index (Phi) is 7.22. The van der Waals surface area contributed by atoms with Crippen LogP contribution >= 0.6 is 0 Å². The largest absolute Gasteiger partial charge is 0.508 e. The molecule has 4 aliphatic rings. The summed E-state index contributed by atoms with van der Waals surface area (Å²) in [6.45, 7) is 7.27. The number of piperazine rings is 1. The number of pyridine rings is 1. The van der Waals surface area contributed by atoms with E-state index in [4.69, 9.17) is 16.1 Å². The van der Waals surface area contributed by atoms with Crippen LogP contribution in [0.15, 0.2) is 30.5 Å². The molecule has 0 spiro atoms. The molecule has 4 aliphatic heterocycles. The van der Waals surface area contributed by atoms with Crippen molar-refractivity contribution in [2.45, 2.75) is 75.8 Å². The van der Waals surface area contributed by atoms with Crippen molar-refractivity contribution in [3.8, 4) is 35.4 Å². The summed E-state index contributed by atoms with van der Waals surface area (Å²) in [5.41, 5.74) is -0.457. The molecular weight excluding hydrogens is 605 g/mol. The van der Waals surface area contributed by atoms with Crippen molar-refractivity contribution >= 4 is 27.5 Å². The van der Waals surface area contributed by atoms with Crippen LogP contribution in [0.4, 0.5) is 19.0 Å². The van der Waals surface area contributed by atoms with E-state index in [0.29, 0.717) is 60.8 Å². The van der Waals surface area contributed by atoms with E-state index in [1.165, 1.54) is 30.5 Å². The summed E-state index contributed by atoms with van der Waals surface area (Å²) in [5, 5.41) is 11.7. The normalized spacial score (nSPS) is 26.1. The van der Waals surface area contributed by atoms with E-state index in [9.17, 15) is 13.9 Å². The number of rotatable bonds is 6. The van der Waals surface area contributed by atoms with Crippen LogP contribution in [0.2, 0.25) is 0 Å². The lowest BCUT2D eigenvalue weighted by molar-refractivity contribution is 0.107. The maximum absolute atomic E-state index is 16.9. The molecule has 4 unspecified atom stereocenters. The second-order valence-electron chi connectivity index (χ2n) is 13.9. The summed E-state index contributed by atoms with van der Waals surface area (Å²) in [6.07, 6.45) is 10.6. The van der Waals surface area contributed by atoms with E-state index in [1.54, 1.807) is 0 Å². The van der Waals surface area contributed by atoms with Gasteiger partial charge in [0.1, 0.15) is 41.4 Å². The number of hydrogen-bond donors (Lipinski definition) is 1. The van der Waals surface area contributed by atoms with E-state index >= 15 is 4.39 Å². The molecule has 8 rings (SSSR count). The van der Waals surface area contributed by atoms with Crippen LogP contribution in [0.25, 0.3) is 32.9 Å². The number of aromatic hydroxyl groups is 1. The second-order valence-corrected chi connectivity index (χ2v) is 13.9. The molecule has 4 saturated heterocycles. The van der Waals surface area contributed by atoms with Gasteiger partial charge in [0.25, 0.3) is 0 Å². The Hall–Kier alpha value is -4.14. The van der Waals surface area contributed by atoms with Crippen LogP contribution in [0, 0.1) is 24.0 Å². The van der Waals surface area contributed by atoms with Gasteiger partial charge in [-0.15, -0.1) is 6.42 Å². The quantitative estimate of drug-likeness (QED) is 0.264. The Labute approximate surface area is 271 Å². The minimum Gasteiger partial charge on any atom is -0.508 e. The van der Waals surface area contributed by atoms with Crippen LogP contribution in [-0.4, -0.2) is 92.5 Å². The molecule has 0 saturated carbocycles. The molecule has 0 amide bonds. The number of phenols is 1. The van der Waals surface area contributed by atoms with Crippen LogP contribution in [0.5, 0.6) is 11.8 Å². The van der Waals surface area contributed by atoms with E-state index < -0.39 is 23.3 Å². The summed E-state index contributed by atoms with van der Waals surface area (Å²) >= 11 is 0. The number of ether oxygens (including phenoxy) is 1. The zero-order valence-corrected chi connectivity index (χ0v) is 26.5. The topological polar surface area (TPSA) is 77.9 Å². The highest BCUT2D eigenvalue weighted by molar-refractivity contribution is 6.03. The number of hydrogen-bond acceptors (Lipinski definition) is 8. The summed E-state index contributed by atoms with van der Waals surface area (Å²) in [7, 11) is 0. The average Bonchev–Trinajstić information content (AvgIpc) is 3.66. The molecule has 11 heteroatoms. The molecule has 1 N–H and O–H groups in total. The first kappa shape index (κ1) is 30.2. The van der Waals surface area contributed by atoms with Gasteiger partial charge in [-0.05, 0) is 69.7 Å². The van der Waals surface area contributed by atoms with Crippen molar-refractivity contribution in [1.29, 1.82) is 0 Å². The van der Waals surface area contributed by atoms with E-state index in [1.807, 2.05) is 0 Å². The van der Waals surface area contributed by atoms with Gasteiger partial charge >= 0.3 is 6.01 Å². The number of halogens is 3. The lowest BCUT2D eigenvalue weighted by atomic mass is 9.95. The monoisotopic (exact) mass is 642 g/mol. The van der Waals surface area contributed by atoms with Gasteiger partial charge in [0.15, 0.2) is 5.82 Å². The fourth-order valence-electron chi connectivity index (χ4n) is 8.87. The van der Waals surface area contributed by atoms with Gasteiger partial charge in [0.05, 0.1) is 16.5 Å². The Balaban J connectivity index is 1.27. The van der Waals surface area contributed by atoms with Crippen molar-refractivity contribution in [3.63, 3.8) is 0 Å². The van der Waals surface area contributed by atoms with Gasteiger partial charge in [0.2, 0.25) is 0 Å². The van der Waals surface area contributed by atoms with Gasteiger partial charge in [-0.3, -0.25) is 14.8 Å². The molecule has 4 aromatic rings. The lowest BCUT2D eigenvalue weighted by Crippen LogP contribution is -2.56. The fourth-order valence-corrected chi connectivity index (χ4v) is 8.87. The van der Waals surface area contributed by atoms with E-state index in [2.05, 4.69) is 44.4 Å². The number of anilines is 1. The number of aromatic nitrogens is 3. The van der Waals surface area contributed by atoms with Gasteiger partial charge in [-0.1, -0.05) is 12.0 Å². The molecule has 0 aliphatic carbocycles. The minimum absolute atomic E-state index is 0.000595. The Morgan fingerprint density at radius 3 is 2.66 bits per heavy atom. The third-order valence-corrected chi connectivity index (χ3v) is 10.8. The highest BCUT2D eigenvalue weighted by Crippen LogP contribution is 2.42. The molecule has 4 fully saturated rings. The number of alkyl halides is 1.